The molecule has 1 aliphatic heterocycles. The maximum absolute atomic E-state index is 13.4. The normalized spacial score (nSPS) is 24.1. The van der Waals surface area contributed by atoms with Crippen molar-refractivity contribution in [2.75, 3.05) is 27.3 Å². The lowest BCUT2D eigenvalue weighted by atomic mass is 9.66. The van der Waals surface area contributed by atoms with Crippen LogP contribution in [0.2, 0.25) is 0 Å². The van der Waals surface area contributed by atoms with E-state index in [1.54, 1.807) is 12.1 Å². The lowest BCUT2D eigenvalue weighted by Crippen LogP contribution is -2.57. The molecule has 4 atom stereocenters. The molecular weight excluding hydrogens is 498 g/mol. The highest BCUT2D eigenvalue weighted by Gasteiger charge is 2.49. The number of H-pyrrole nitrogens is 1. The van der Waals surface area contributed by atoms with E-state index in [1.165, 1.54) is 14.2 Å². The smallest absolute Gasteiger partial charge is 0.328 e. The first-order valence-corrected chi connectivity index (χ1v) is 13.6. The molecule has 208 valence electrons. The standard InChI is InChI=1S/C30H37N3O6/c1-38-26-16-19(10-11-25(26)34)28-22-8-5-6-12-30(22,37)13-14-33(28)18-27(35)32-24(29(36)39-2)15-20-17-31-23-9-4-3-7-21(20)23/h3-4,7,9-11,16-17,22,24,28,31,34,37H,5-6,8,12-15,18H2,1-2H3,(H,32,35)/t22-,24-,28-,30-/m0/s1. The largest absolute Gasteiger partial charge is 0.504 e. The van der Waals surface area contributed by atoms with Gasteiger partial charge in [-0.15, -0.1) is 0 Å². The van der Waals surface area contributed by atoms with Crippen LogP contribution in [0.15, 0.2) is 48.7 Å². The van der Waals surface area contributed by atoms with E-state index >= 15 is 0 Å². The number of carbonyl (C=O) groups excluding carboxylic acids is 2. The SMILES string of the molecule is COC(=O)[C@H](Cc1c[nH]c2ccccc12)NC(=O)CN1CC[C@@]2(O)CCCC[C@H]2[C@@H]1c1ccc(O)c(OC)c1. The number of nitrogens with zero attached hydrogens (tertiary/aromatic N) is 1. The Morgan fingerprint density at radius 1 is 1.18 bits per heavy atom. The number of piperidine rings is 1. The van der Waals surface area contributed by atoms with Gasteiger partial charge in [-0.3, -0.25) is 9.69 Å². The molecule has 0 unspecified atom stereocenters. The van der Waals surface area contributed by atoms with Crippen molar-refractivity contribution in [1.82, 2.24) is 15.2 Å². The molecule has 1 saturated heterocycles. The van der Waals surface area contributed by atoms with Crippen LogP contribution in [0.25, 0.3) is 10.9 Å². The average Bonchev–Trinajstić information content (AvgIpc) is 3.35. The summed E-state index contributed by atoms with van der Waals surface area (Å²) in [5.41, 5.74) is 1.96. The molecular formula is C30H37N3O6. The molecule has 2 heterocycles. The van der Waals surface area contributed by atoms with Crippen LogP contribution in [0.4, 0.5) is 0 Å². The molecule has 9 heteroatoms. The Morgan fingerprint density at radius 3 is 2.79 bits per heavy atom. The van der Waals surface area contributed by atoms with E-state index in [-0.39, 0.29) is 30.2 Å². The highest BCUT2D eigenvalue weighted by atomic mass is 16.5. The third-order valence-electron chi connectivity index (χ3n) is 8.48. The molecule has 2 aromatic carbocycles. The minimum absolute atomic E-state index is 0.0402. The van der Waals surface area contributed by atoms with Crippen LogP contribution in [0.3, 0.4) is 0 Å². The Kier molecular flexibility index (Phi) is 7.81. The zero-order chi connectivity index (χ0) is 27.6. The summed E-state index contributed by atoms with van der Waals surface area (Å²) in [5.74, 6) is -0.467. The Morgan fingerprint density at radius 2 is 2.00 bits per heavy atom. The third-order valence-corrected chi connectivity index (χ3v) is 8.48. The van der Waals surface area contributed by atoms with E-state index in [2.05, 4.69) is 15.2 Å². The number of rotatable bonds is 8. The molecule has 1 saturated carbocycles. The number of nitrogens with one attached hydrogen (secondary N) is 2. The summed E-state index contributed by atoms with van der Waals surface area (Å²) in [6.45, 7) is 0.585. The third kappa shape index (κ3) is 5.46. The van der Waals surface area contributed by atoms with Crippen LogP contribution in [0, 0.1) is 5.92 Å². The van der Waals surface area contributed by atoms with Gasteiger partial charge < -0.3 is 30.0 Å². The number of phenolic OH excluding ortho intramolecular Hbond substituents is 1. The van der Waals surface area contributed by atoms with E-state index in [0.717, 1.165) is 47.7 Å². The molecule has 1 aliphatic carbocycles. The van der Waals surface area contributed by atoms with Crippen molar-refractivity contribution in [2.45, 2.75) is 56.2 Å². The monoisotopic (exact) mass is 535 g/mol. The summed E-state index contributed by atoms with van der Waals surface area (Å²) in [7, 11) is 2.82. The fourth-order valence-electron chi connectivity index (χ4n) is 6.52. The zero-order valence-electron chi connectivity index (χ0n) is 22.5. The second-order valence-corrected chi connectivity index (χ2v) is 10.8. The van der Waals surface area contributed by atoms with Crippen LogP contribution in [0.5, 0.6) is 11.5 Å². The fourth-order valence-corrected chi connectivity index (χ4v) is 6.52. The van der Waals surface area contributed by atoms with Crippen molar-refractivity contribution in [1.29, 1.82) is 0 Å². The van der Waals surface area contributed by atoms with Crippen molar-refractivity contribution in [3.8, 4) is 11.5 Å². The van der Waals surface area contributed by atoms with E-state index in [9.17, 15) is 19.8 Å². The van der Waals surface area contributed by atoms with Crippen LogP contribution in [-0.4, -0.2) is 70.9 Å². The Hall–Kier alpha value is -3.56. The maximum atomic E-state index is 13.4. The Balaban J connectivity index is 1.38. The van der Waals surface area contributed by atoms with Gasteiger partial charge in [0.1, 0.15) is 6.04 Å². The number of amides is 1. The molecule has 5 rings (SSSR count). The second-order valence-electron chi connectivity index (χ2n) is 10.8. The topological polar surface area (TPSA) is 124 Å². The van der Waals surface area contributed by atoms with Gasteiger partial charge in [0.15, 0.2) is 11.5 Å². The number of aromatic hydroxyl groups is 1. The molecule has 39 heavy (non-hydrogen) atoms. The number of hydrogen-bond acceptors (Lipinski definition) is 7. The van der Waals surface area contributed by atoms with Crippen LogP contribution < -0.4 is 10.1 Å². The van der Waals surface area contributed by atoms with Gasteiger partial charge >= 0.3 is 5.97 Å². The number of methoxy groups -OCH3 is 2. The quantitative estimate of drug-likeness (QED) is 0.326. The van der Waals surface area contributed by atoms with Gasteiger partial charge in [-0.25, -0.2) is 4.79 Å². The molecule has 9 nitrogen and oxygen atoms in total. The number of phenols is 1. The molecule has 0 bridgehead atoms. The minimum atomic E-state index is -0.842. The van der Waals surface area contributed by atoms with Crippen molar-refractivity contribution in [3.63, 3.8) is 0 Å². The lowest BCUT2D eigenvalue weighted by molar-refractivity contribution is -0.146. The summed E-state index contributed by atoms with van der Waals surface area (Å²) in [6.07, 6.45) is 6.29. The molecule has 2 fully saturated rings. The van der Waals surface area contributed by atoms with Gasteiger partial charge in [-0.2, -0.15) is 0 Å². The van der Waals surface area contributed by atoms with E-state index in [1.807, 2.05) is 36.5 Å². The number of esters is 1. The summed E-state index contributed by atoms with van der Waals surface area (Å²) < 4.78 is 10.4. The summed E-state index contributed by atoms with van der Waals surface area (Å²) in [5, 5.41) is 25.6. The van der Waals surface area contributed by atoms with Gasteiger partial charge in [0.2, 0.25) is 5.91 Å². The number of carbonyl (C=O) groups is 2. The first-order chi connectivity index (χ1) is 18.8. The predicted octanol–water partition coefficient (Wildman–Crippen LogP) is 3.45. The van der Waals surface area contributed by atoms with E-state index < -0.39 is 17.6 Å². The van der Waals surface area contributed by atoms with Gasteiger partial charge in [-0.1, -0.05) is 37.1 Å². The highest BCUT2D eigenvalue weighted by Crippen LogP contribution is 2.50. The van der Waals surface area contributed by atoms with Gasteiger partial charge in [-0.05, 0) is 48.6 Å². The summed E-state index contributed by atoms with van der Waals surface area (Å²) >= 11 is 0. The zero-order valence-corrected chi connectivity index (χ0v) is 22.5. The summed E-state index contributed by atoms with van der Waals surface area (Å²) in [4.78, 5) is 31.4. The van der Waals surface area contributed by atoms with Gasteiger partial charge in [0.25, 0.3) is 0 Å². The molecule has 4 N–H and O–H groups in total. The molecule has 1 amide bonds. The number of fused-ring (bicyclic) bond motifs is 2. The first-order valence-electron chi connectivity index (χ1n) is 13.6. The van der Waals surface area contributed by atoms with Crippen molar-refractivity contribution < 1.29 is 29.3 Å². The van der Waals surface area contributed by atoms with Crippen LogP contribution >= 0.6 is 0 Å². The molecule has 0 spiro atoms. The number of aromatic amines is 1. The second kappa shape index (κ2) is 11.3. The van der Waals surface area contributed by atoms with E-state index in [0.29, 0.717) is 25.1 Å². The Bertz CT molecular complexity index is 1340. The van der Waals surface area contributed by atoms with E-state index in [4.69, 9.17) is 9.47 Å². The van der Waals surface area contributed by atoms with Crippen molar-refractivity contribution in [2.24, 2.45) is 5.92 Å². The van der Waals surface area contributed by atoms with Crippen LogP contribution in [0.1, 0.15) is 49.3 Å². The van der Waals surface area contributed by atoms with Crippen molar-refractivity contribution >= 4 is 22.8 Å². The number of aliphatic hydroxyl groups is 1. The van der Waals surface area contributed by atoms with Crippen LogP contribution in [-0.2, 0) is 20.7 Å². The number of para-hydroxylation sites is 1. The minimum Gasteiger partial charge on any atom is -0.504 e. The Labute approximate surface area is 228 Å². The van der Waals surface area contributed by atoms with Gasteiger partial charge in [0.05, 0.1) is 26.4 Å². The number of ether oxygens (including phenoxy) is 2. The van der Waals surface area contributed by atoms with Crippen molar-refractivity contribution in [3.05, 3.63) is 59.8 Å². The lowest BCUT2D eigenvalue weighted by Gasteiger charge is -2.52. The molecule has 1 aromatic heterocycles. The maximum Gasteiger partial charge on any atom is 0.328 e. The number of benzene rings is 2. The van der Waals surface area contributed by atoms with Gasteiger partial charge in [0, 0.05) is 42.0 Å². The first kappa shape index (κ1) is 27.0. The molecule has 3 aromatic rings. The number of likely N-dealkylation sites (tertiary alicyclic amines) is 1. The molecule has 0 radical (unpaired) electrons. The number of hydrogen-bond donors (Lipinski definition) is 4. The fraction of sp³-hybridized carbons (Fsp3) is 0.467. The predicted molar refractivity (Wildman–Crippen MR) is 146 cm³/mol. The average molecular weight is 536 g/mol. The molecule has 2 aliphatic rings. The summed E-state index contributed by atoms with van der Waals surface area (Å²) in [6, 6.07) is 12.0. The number of aromatic nitrogens is 1. The highest BCUT2D eigenvalue weighted by molar-refractivity contribution is 5.88.